The normalized spacial score (nSPS) is 12.4. The van der Waals surface area contributed by atoms with E-state index in [4.69, 9.17) is 4.98 Å². The number of rotatable bonds is 14. The first-order valence-corrected chi connectivity index (χ1v) is 14.5. The van der Waals surface area contributed by atoms with Crippen molar-refractivity contribution in [3.8, 4) is 0 Å². The monoisotopic (exact) mass is 536 g/mol. The molecule has 0 bridgehead atoms. The summed E-state index contributed by atoms with van der Waals surface area (Å²) in [6.07, 6.45) is 3.29. The molecule has 0 saturated carbocycles. The number of para-hydroxylation sites is 1. The molecule has 0 saturated heterocycles. The van der Waals surface area contributed by atoms with E-state index in [1.165, 1.54) is 23.9 Å². The summed E-state index contributed by atoms with van der Waals surface area (Å²) in [5.74, 6) is 0.571. The lowest BCUT2D eigenvalue weighted by atomic mass is 10.1. The summed E-state index contributed by atoms with van der Waals surface area (Å²) in [5.41, 5.74) is 3.50. The second-order valence-electron chi connectivity index (χ2n) is 9.59. The summed E-state index contributed by atoms with van der Waals surface area (Å²) >= 11 is 1.51. The van der Waals surface area contributed by atoms with Crippen molar-refractivity contribution < 1.29 is 9.18 Å². The number of halogens is 1. The van der Waals surface area contributed by atoms with Crippen LogP contribution < -0.4 is 5.32 Å². The fourth-order valence-electron chi connectivity index (χ4n) is 4.66. The highest BCUT2D eigenvalue weighted by Crippen LogP contribution is 2.28. The fourth-order valence-corrected chi connectivity index (χ4v) is 5.38. The standard InChI is InChI=1S/C29H37FN6OS/c1-4-35(5-2)18-8-10-21(3)31-26(37)13-9-19-38-29-32-28-27(33-34-29)24-11-6-7-12-25(24)36(28)20-22-14-16-23(30)17-15-22/h6-7,11-12,14-17,21H,4-5,8-10,13,18-20H2,1-3H3,(H,31,37). The van der Waals surface area contributed by atoms with Gasteiger partial charge in [-0.05, 0) is 69.6 Å². The van der Waals surface area contributed by atoms with E-state index in [0.717, 1.165) is 72.3 Å². The highest BCUT2D eigenvalue weighted by molar-refractivity contribution is 7.99. The number of hydrogen-bond acceptors (Lipinski definition) is 6. The average Bonchev–Trinajstić information content (AvgIpc) is 3.23. The van der Waals surface area contributed by atoms with Crippen LogP contribution in [0.2, 0.25) is 0 Å². The molecule has 9 heteroatoms. The Hall–Kier alpha value is -3.04. The number of aromatic nitrogens is 4. The molecule has 1 N–H and O–H groups in total. The Balaban J connectivity index is 1.33. The quantitative estimate of drug-likeness (QED) is 0.165. The summed E-state index contributed by atoms with van der Waals surface area (Å²) < 4.78 is 15.5. The van der Waals surface area contributed by atoms with Crippen LogP contribution in [0.1, 0.15) is 52.0 Å². The lowest BCUT2D eigenvalue weighted by molar-refractivity contribution is -0.121. The SMILES string of the molecule is CCN(CC)CCCC(C)NC(=O)CCCSc1nnc2c3ccccc3n(Cc3ccc(F)cc3)c2n1. The first-order chi connectivity index (χ1) is 18.5. The molecule has 0 spiro atoms. The minimum absolute atomic E-state index is 0.0925. The molecule has 202 valence electrons. The molecule has 0 fully saturated rings. The summed E-state index contributed by atoms with van der Waals surface area (Å²) in [6.45, 7) is 10.2. The van der Waals surface area contributed by atoms with Crippen molar-refractivity contribution in [2.45, 2.75) is 64.2 Å². The van der Waals surface area contributed by atoms with Gasteiger partial charge in [-0.25, -0.2) is 9.37 Å². The highest BCUT2D eigenvalue weighted by Gasteiger charge is 2.15. The Labute approximate surface area is 228 Å². The summed E-state index contributed by atoms with van der Waals surface area (Å²) in [5, 5.41) is 13.5. The molecular weight excluding hydrogens is 499 g/mol. The van der Waals surface area contributed by atoms with Crippen LogP contribution in [0.4, 0.5) is 4.39 Å². The molecule has 0 aliphatic heterocycles. The van der Waals surface area contributed by atoms with Gasteiger partial charge in [0.2, 0.25) is 11.1 Å². The van der Waals surface area contributed by atoms with E-state index in [2.05, 4.69) is 45.8 Å². The van der Waals surface area contributed by atoms with Crippen LogP contribution >= 0.6 is 11.8 Å². The van der Waals surface area contributed by atoms with Crippen molar-refractivity contribution in [1.29, 1.82) is 0 Å². The van der Waals surface area contributed by atoms with Crippen LogP contribution in [-0.4, -0.2) is 62.0 Å². The van der Waals surface area contributed by atoms with Gasteiger partial charge in [0, 0.05) is 30.1 Å². The van der Waals surface area contributed by atoms with E-state index in [1.54, 1.807) is 12.1 Å². The van der Waals surface area contributed by atoms with Gasteiger partial charge in [0.15, 0.2) is 5.65 Å². The highest BCUT2D eigenvalue weighted by atomic mass is 32.2. The topological polar surface area (TPSA) is 75.9 Å². The van der Waals surface area contributed by atoms with Gasteiger partial charge in [0.25, 0.3) is 0 Å². The van der Waals surface area contributed by atoms with E-state index < -0.39 is 0 Å². The van der Waals surface area contributed by atoms with Crippen LogP contribution in [-0.2, 0) is 11.3 Å². The van der Waals surface area contributed by atoms with Crippen molar-refractivity contribution in [2.24, 2.45) is 0 Å². The zero-order valence-corrected chi connectivity index (χ0v) is 23.3. The Kier molecular flexibility index (Phi) is 10.1. The van der Waals surface area contributed by atoms with E-state index in [-0.39, 0.29) is 17.8 Å². The Morgan fingerprint density at radius 1 is 1.08 bits per heavy atom. The summed E-state index contributed by atoms with van der Waals surface area (Å²) in [6, 6.07) is 14.7. The molecule has 0 radical (unpaired) electrons. The molecule has 2 aromatic carbocycles. The molecule has 1 atom stereocenters. The van der Waals surface area contributed by atoms with Gasteiger partial charge in [-0.3, -0.25) is 4.79 Å². The zero-order valence-electron chi connectivity index (χ0n) is 22.5. The van der Waals surface area contributed by atoms with Crippen molar-refractivity contribution in [1.82, 2.24) is 30.0 Å². The van der Waals surface area contributed by atoms with Gasteiger partial charge in [0.05, 0.1) is 5.52 Å². The number of carbonyl (C=O) groups is 1. The molecule has 2 heterocycles. The van der Waals surface area contributed by atoms with Crippen LogP contribution in [0.3, 0.4) is 0 Å². The van der Waals surface area contributed by atoms with Crippen molar-refractivity contribution >= 4 is 39.7 Å². The number of amides is 1. The zero-order chi connectivity index (χ0) is 26.9. The lowest BCUT2D eigenvalue weighted by Crippen LogP contribution is -2.33. The lowest BCUT2D eigenvalue weighted by Gasteiger charge is -2.19. The third-order valence-electron chi connectivity index (χ3n) is 6.80. The smallest absolute Gasteiger partial charge is 0.220 e. The van der Waals surface area contributed by atoms with Gasteiger partial charge >= 0.3 is 0 Å². The van der Waals surface area contributed by atoms with E-state index in [1.807, 2.05) is 24.3 Å². The largest absolute Gasteiger partial charge is 0.354 e. The van der Waals surface area contributed by atoms with Gasteiger partial charge in [-0.15, -0.1) is 10.2 Å². The maximum absolute atomic E-state index is 13.4. The summed E-state index contributed by atoms with van der Waals surface area (Å²) in [7, 11) is 0. The molecular formula is C29H37FN6OS. The van der Waals surface area contributed by atoms with Crippen molar-refractivity contribution in [2.75, 3.05) is 25.4 Å². The Morgan fingerprint density at radius 3 is 2.61 bits per heavy atom. The maximum Gasteiger partial charge on any atom is 0.220 e. The van der Waals surface area contributed by atoms with E-state index in [0.29, 0.717) is 18.1 Å². The molecule has 4 rings (SSSR count). The van der Waals surface area contributed by atoms with Gasteiger partial charge in [0.1, 0.15) is 11.3 Å². The fraction of sp³-hybridized carbons (Fsp3) is 0.448. The van der Waals surface area contributed by atoms with Crippen LogP contribution in [0.15, 0.2) is 53.7 Å². The minimum Gasteiger partial charge on any atom is -0.354 e. The van der Waals surface area contributed by atoms with Gasteiger partial charge in [-0.1, -0.05) is 55.9 Å². The molecule has 1 amide bonds. The van der Waals surface area contributed by atoms with Gasteiger partial charge < -0.3 is 14.8 Å². The Morgan fingerprint density at radius 2 is 1.84 bits per heavy atom. The van der Waals surface area contributed by atoms with Crippen LogP contribution in [0.25, 0.3) is 22.1 Å². The van der Waals surface area contributed by atoms with Gasteiger partial charge in [-0.2, -0.15) is 0 Å². The van der Waals surface area contributed by atoms with Crippen LogP contribution in [0.5, 0.6) is 0 Å². The van der Waals surface area contributed by atoms with Crippen molar-refractivity contribution in [3.63, 3.8) is 0 Å². The summed E-state index contributed by atoms with van der Waals surface area (Å²) in [4.78, 5) is 19.6. The first kappa shape index (κ1) is 28.0. The second kappa shape index (κ2) is 13.7. The number of benzene rings is 2. The molecule has 2 aromatic heterocycles. The van der Waals surface area contributed by atoms with E-state index >= 15 is 0 Å². The molecule has 7 nitrogen and oxygen atoms in total. The number of thioether (sulfide) groups is 1. The predicted octanol–water partition coefficient (Wildman–Crippen LogP) is 5.67. The third kappa shape index (κ3) is 7.29. The molecule has 1 unspecified atom stereocenters. The average molecular weight is 537 g/mol. The molecule has 0 aliphatic carbocycles. The minimum atomic E-state index is -0.253. The van der Waals surface area contributed by atoms with E-state index in [9.17, 15) is 9.18 Å². The number of hydrogen-bond donors (Lipinski definition) is 1. The third-order valence-corrected chi connectivity index (χ3v) is 7.73. The Bertz CT molecular complexity index is 1340. The van der Waals surface area contributed by atoms with Crippen LogP contribution in [0, 0.1) is 5.82 Å². The first-order valence-electron chi connectivity index (χ1n) is 13.5. The van der Waals surface area contributed by atoms with Crippen molar-refractivity contribution in [3.05, 3.63) is 59.9 Å². The molecule has 4 aromatic rings. The second-order valence-corrected chi connectivity index (χ2v) is 10.6. The molecule has 0 aliphatic rings. The predicted molar refractivity (Wildman–Crippen MR) is 153 cm³/mol. The number of carbonyl (C=O) groups excluding carboxylic acids is 1. The number of nitrogens with zero attached hydrogens (tertiary/aromatic N) is 5. The molecule has 38 heavy (non-hydrogen) atoms. The number of nitrogens with one attached hydrogen (secondary N) is 1. The maximum atomic E-state index is 13.4. The number of fused-ring (bicyclic) bond motifs is 3.